The van der Waals surface area contributed by atoms with E-state index in [0.717, 1.165) is 21.3 Å². The number of rotatable bonds is 3. The summed E-state index contributed by atoms with van der Waals surface area (Å²) >= 11 is 8.73. The van der Waals surface area contributed by atoms with Gasteiger partial charge in [0.05, 0.1) is 11.4 Å². The summed E-state index contributed by atoms with van der Waals surface area (Å²) in [5, 5.41) is 2.68. The highest BCUT2D eigenvalue weighted by Crippen LogP contribution is 2.28. The van der Waals surface area contributed by atoms with Crippen LogP contribution in [0, 0.1) is 6.92 Å². The average Bonchev–Trinajstić information content (AvgIpc) is 2.60. The second kappa shape index (κ2) is 7.62. The number of halogens is 1. The lowest BCUT2D eigenvalue weighted by Gasteiger charge is -2.29. The molecule has 1 aliphatic heterocycles. The van der Waals surface area contributed by atoms with Gasteiger partial charge in [-0.3, -0.25) is 19.8 Å². The smallest absolute Gasteiger partial charge is 0.270 e. The number of amides is 2. The molecule has 7 heteroatoms. The van der Waals surface area contributed by atoms with Crippen molar-refractivity contribution < 1.29 is 9.59 Å². The molecule has 0 aliphatic carbocycles. The van der Waals surface area contributed by atoms with Gasteiger partial charge in [0.2, 0.25) is 0 Å². The van der Waals surface area contributed by atoms with Crippen LogP contribution in [0.2, 0.25) is 0 Å². The molecule has 2 aromatic carbocycles. The largest absolute Gasteiger partial charge is 0.377 e. The van der Waals surface area contributed by atoms with Gasteiger partial charge >= 0.3 is 0 Å². The summed E-state index contributed by atoms with van der Waals surface area (Å²) in [5.41, 5.74) is 3.46. The molecule has 1 fully saturated rings. The molecule has 0 radical (unpaired) electrons. The summed E-state index contributed by atoms with van der Waals surface area (Å²) in [4.78, 5) is 28.7. The number of thiocarbonyl (C=S) groups is 1. The van der Waals surface area contributed by atoms with Crippen LogP contribution in [0.1, 0.15) is 11.1 Å². The van der Waals surface area contributed by atoms with Gasteiger partial charge in [-0.1, -0.05) is 23.8 Å². The summed E-state index contributed by atoms with van der Waals surface area (Å²) in [7, 11) is 3.88. The van der Waals surface area contributed by atoms with E-state index in [2.05, 4.69) is 21.2 Å². The molecule has 0 atom stereocenters. The van der Waals surface area contributed by atoms with Crippen LogP contribution in [0.4, 0.5) is 11.4 Å². The molecule has 27 heavy (non-hydrogen) atoms. The van der Waals surface area contributed by atoms with Crippen LogP contribution in [0.5, 0.6) is 0 Å². The summed E-state index contributed by atoms with van der Waals surface area (Å²) in [5.74, 6) is -0.943. The van der Waals surface area contributed by atoms with Gasteiger partial charge in [-0.2, -0.15) is 0 Å². The minimum Gasteiger partial charge on any atom is -0.377 e. The molecule has 0 aromatic heterocycles. The molecule has 0 spiro atoms. The van der Waals surface area contributed by atoms with E-state index < -0.39 is 11.8 Å². The highest BCUT2D eigenvalue weighted by atomic mass is 79.9. The highest BCUT2D eigenvalue weighted by molar-refractivity contribution is 9.10. The third kappa shape index (κ3) is 3.94. The first-order chi connectivity index (χ1) is 12.8. The molecule has 1 aliphatic rings. The lowest BCUT2D eigenvalue weighted by atomic mass is 10.1. The zero-order valence-corrected chi connectivity index (χ0v) is 17.5. The molecular weight excluding hydrogens is 426 g/mol. The van der Waals surface area contributed by atoms with E-state index in [-0.39, 0.29) is 10.7 Å². The first-order valence-electron chi connectivity index (χ1n) is 8.23. The van der Waals surface area contributed by atoms with Crippen molar-refractivity contribution in [3.05, 3.63) is 63.6 Å². The van der Waals surface area contributed by atoms with Crippen molar-refractivity contribution in [2.45, 2.75) is 6.92 Å². The molecule has 138 valence electrons. The van der Waals surface area contributed by atoms with Crippen molar-refractivity contribution in [1.82, 2.24) is 5.32 Å². The monoisotopic (exact) mass is 443 g/mol. The molecule has 0 bridgehead atoms. The third-order valence-electron chi connectivity index (χ3n) is 4.16. The van der Waals surface area contributed by atoms with Gasteiger partial charge in [-0.05, 0) is 71.0 Å². The van der Waals surface area contributed by atoms with Gasteiger partial charge in [0.1, 0.15) is 5.57 Å². The van der Waals surface area contributed by atoms with Crippen molar-refractivity contribution in [2.75, 3.05) is 23.9 Å². The second-order valence-electron chi connectivity index (χ2n) is 6.40. The van der Waals surface area contributed by atoms with Crippen LogP contribution < -0.4 is 15.1 Å². The molecular formula is C20H18BrN3O2S. The number of benzene rings is 2. The molecule has 2 amide bonds. The van der Waals surface area contributed by atoms with E-state index in [0.29, 0.717) is 5.69 Å². The minimum absolute atomic E-state index is 0.0358. The number of anilines is 2. The summed E-state index contributed by atoms with van der Waals surface area (Å²) < 4.78 is 0.872. The average molecular weight is 444 g/mol. The van der Waals surface area contributed by atoms with E-state index in [1.54, 1.807) is 18.2 Å². The van der Waals surface area contributed by atoms with Gasteiger partial charge in [0.25, 0.3) is 11.8 Å². The molecule has 1 heterocycles. The predicted octanol–water partition coefficient (Wildman–Crippen LogP) is 3.65. The SMILES string of the molecule is Cc1ccc(N2C(=O)/C(=C/c3ccc(N(C)C)c(Br)c3)C(=O)NC2=S)cc1. The number of hydrogen-bond acceptors (Lipinski definition) is 4. The van der Waals surface area contributed by atoms with Crippen molar-refractivity contribution in [3.8, 4) is 0 Å². The predicted molar refractivity (Wildman–Crippen MR) is 116 cm³/mol. The Morgan fingerprint density at radius 3 is 2.37 bits per heavy atom. The summed E-state index contributed by atoms with van der Waals surface area (Å²) in [6.45, 7) is 1.96. The van der Waals surface area contributed by atoms with E-state index in [1.165, 1.54) is 4.90 Å². The molecule has 5 nitrogen and oxygen atoms in total. The fraction of sp³-hybridized carbons (Fsp3) is 0.150. The Bertz CT molecular complexity index is 968. The number of aryl methyl sites for hydroxylation is 1. The second-order valence-corrected chi connectivity index (χ2v) is 7.64. The number of nitrogens with one attached hydrogen (secondary N) is 1. The summed E-state index contributed by atoms with van der Waals surface area (Å²) in [6, 6.07) is 13.0. The molecule has 1 saturated heterocycles. The zero-order valence-electron chi connectivity index (χ0n) is 15.1. The van der Waals surface area contributed by atoms with Gasteiger partial charge < -0.3 is 4.90 Å². The maximum absolute atomic E-state index is 13.0. The van der Waals surface area contributed by atoms with Crippen molar-refractivity contribution in [2.24, 2.45) is 0 Å². The van der Waals surface area contributed by atoms with Gasteiger partial charge in [0, 0.05) is 18.6 Å². The molecule has 2 aromatic rings. The lowest BCUT2D eigenvalue weighted by molar-refractivity contribution is -0.122. The fourth-order valence-corrected chi connectivity index (χ4v) is 3.76. The Kier molecular flexibility index (Phi) is 5.43. The first-order valence-corrected chi connectivity index (χ1v) is 9.43. The normalized spacial score (nSPS) is 15.9. The maximum atomic E-state index is 13.0. The Balaban J connectivity index is 1.99. The third-order valence-corrected chi connectivity index (χ3v) is 5.08. The number of carbonyl (C=O) groups is 2. The van der Waals surface area contributed by atoms with Crippen LogP contribution in [0.25, 0.3) is 6.08 Å². The van der Waals surface area contributed by atoms with Crippen molar-refractivity contribution in [3.63, 3.8) is 0 Å². The highest BCUT2D eigenvalue weighted by Gasteiger charge is 2.34. The van der Waals surface area contributed by atoms with E-state index in [1.807, 2.05) is 56.3 Å². The summed E-state index contributed by atoms with van der Waals surface area (Å²) in [6.07, 6.45) is 1.57. The Labute approximate surface area is 171 Å². The Hall–Kier alpha value is -2.51. The van der Waals surface area contributed by atoms with Crippen LogP contribution in [0.3, 0.4) is 0 Å². The van der Waals surface area contributed by atoms with E-state index in [4.69, 9.17) is 12.2 Å². The Morgan fingerprint density at radius 1 is 1.11 bits per heavy atom. The van der Waals surface area contributed by atoms with Crippen LogP contribution >= 0.6 is 28.1 Å². The molecule has 1 N–H and O–H groups in total. The fourth-order valence-electron chi connectivity index (χ4n) is 2.73. The lowest BCUT2D eigenvalue weighted by Crippen LogP contribution is -2.54. The standard InChI is InChI=1S/C20H18BrN3O2S/c1-12-4-7-14(8-5-12)24-19(26)15(18(25)22-20(24)27)10-13-6-9-17(23(2)3)16(21)11-13/h4-11H,1-3H3,(H,22,25,27)/b15-10+. The van der Waals surface area contributed by atoms with Crippen LogP contribution in [-0.2, 0) is 9.59 Å². The van der Waals surface area contributed by atoms with E-state index in [9.17, 15) is 9.59 Å². The number of carbonyl (C=O) groups excluding carboxylic acids is 2. The van der Waals surface area contributed by atoms with Gasteiger partial charge in [-0.25, -0.2) is 0 Å². The van der Waals surface area contributed by atoms with Crippen LogP contribution in [-0.4, -0.2) is 31.0 Å². The quantitative estimate of drug-likeness (QED) is 0.446. The molecule has 3 rings (SSSR count). The first kappa shape index (κ1) is 19.3. The van der Waals surface area contributed by atoms with E-state index >= 15 is 0 Å². The van der Waals surface area contributed by atoms with Gasteiger partial charge in [-0.15, -0.1) is 0 Å². The molecule has 0 saturated carbocycles. The van der Waals surface area contributed by atoms with Crippen molar-refractivity contribution in [1.29, 1.82) is 0 Å². The molecule has 0 unspecified atom stereocenters. The maximum Gasteiger partial charge on any atom is 0.270 e. The topological polar surface area (TPSA) is 52.7 Å². The van der Waals surface area contributed by atoms with Gasteiger partial charge in [0.15, 0.2) is 5.11 Å². The number of hydrogen-bond donors (Lipinski definition) is 1. The minimum atomic E-state index is -0.499. The Morgan fingerprint density at radius 2 is 1.78 bits per heavy atom. The number of nitrogens with zero attached hydrogens (tertiary/aromatic N) is 2. The van der Waals surface area contributed by atoms with Crippen LogP contribution in [0.15, 0.2) is 52.5 Å². The van der Waals surface area contributed by atoms with Crippen molar-refractivity contribution >= 4 is 62.5 Å². The zero-order chi connectivity index (χ0) is 19.7.